The molecule has 1 aromatic carbocycles. The number of nitrogens with zero attached hydrogens (tertiary/aromatic N) is 2. The quantitative estimate of drug-likeness (QED) is 0.816. The zero-order chi connectivity index (χ0) is 12.1. The van der Waals surface area contributed by atoms with Crippen LogP contribution in [0.25, 0.3) is 0 Å². The monoisotopic (exact) mass is 227 g/mol. The maximum Gasteiger partial charge on any atom is 0.128 e. The number of rotatable bonds is 4. The van der Waals surface area contributed by atoms with E-state index in [-0.39, 0.29) is 0 Å². The van der Waals surface area contributed by atoms with Crippen molar-refractivity contribution in [2.45, 2.75) is 13.5 Å². The minimum Gasteiger partial charge on any atom is -0.399 e. The van der Waals surface area contributed by atoms with Crippen LogP contribution in [-0.2, 0) is 6.54 Å². The SMILES string of the molecule is CCN(Cc1ccc(N)cc1)c1ccccn1. The van der Waals surface area contributed by atoms with Crippen LogP contribution in [0.1, 0.15) is 12.5 Å². The molecule has 0 aliphatic carbocycles. The summed E-state index contributed by atoms with van der Waals surface area (Å²) in [6, 6.07) is 13.9. The van der Waals surface area contributed by atoms with Crippen LogP contribution in [0.4, 0.5) is 11.5 Å². The van der Waals surface area contributed by atoms with Crippen molar-refractivity contribution in [2.24, 2.45) is 0 Å². The molecule has 2 rings (SSSR count). The zero-order valence-electron chi connectivity index (χ0n) is 10.0. The number of pyridine rings is 1. The Kier molecular flexibility index (Phi) is 3.60. The predicted octanol–water partition coefficient (Wildman–Crippen LogP) is 2.69. The summed E-state index contributed by atoms with van der Waals surface area (Å²) in [5.74, 6) is 1.01. The van der Waals surface area contributed by atoms with Gasteiger partial charge >= 0.3 is 0 Å². The molecule has 88 valence electrons. The second-order valence-corrected chi connectivity index (χ2v) is 3.94. The normalized spacial score (nSPS) is 10.2. The Morgan fingerprint density at radius 1 is 1.12 bits per heavy atom. The lowest BCUT2D eigenvalue weighted by Gasteiger charge is -2.21. The lowest BCUT2D eigenvalue weighted by molar-refractivity contribution is 0.814. The molecular weight excluding hydrogens is 210 g/mol. The molecule has 0 amide bonds. The number of aromatic nitrogens is 1. The molecule has 2 aromatic rings. The molecule has 1 aromatic heterocycles. The van der Waals surface area contributed by atoms with Gasteiger partial charge in [-0.3, -0.25) is 0 Å². The van der Waals surface area contributed by atoms with Crippen LogP contribution < -0.4 is 10.6 Å². The standard InChI is InChI=1S/C14H17N3/c1-2-17(14-5-3-4-10-16-14)11-12-6-8-13(15)9-7-12/h3-10H,2,11,15H2,1H3. The second-order valence-electron chi connectivity index (χ2n) is 3.94. The highest BCUT2D eigenvalue weighted by molar-refractivity contribution is 5.42. The number of nitrogen functional groups attached to an aromatic ring is 1. The van der Waals surface area contributed by atoms with E-state index < -0.39 is 0 Å². The van der Waals surface area contributed by atoms with Crippen molar-refractivity contribution in [2.75, 3.05) is 17.2 Å². The van der Waals surface area contributed by atoms with E-state index in [2.05, 4.69) is 28.9 Å². The Hall–Kier alpha value is -2.03. The molecule has 17 heavy (non-hydrogen) atoms. The van der Waals surface area contributed by atoms with Crippen LogP contribution in [0.15, 0.2) is 48.7 Å². The topological polar surface area (TPSA) is 42.1 Å². The van der Waals surface area contributed by atoms with Gasteiger partial charge in [0.2, 0.25) is 0 Å². The molecule has 0 aliphatic heterocycles. The van der Waals surface area contributed by atoms with E-state index in [1.807, 2.05) is 36.5 Å². The first-order chi connectivity index (χ1) is 8.29. The molecule has 3 nitrogen and oxygen atoms in total. The maximum atomic E-state index is 5.68. The molecule has 0 radical (unpaired) electrons. The lowest BCUT2D eigenvalue weighted by atomic mass is 10.2. The van der Waals surface area contributed by atoms with Gasteiger partial charge in [-0.15, -0.1) is 0 Å². The molecule has 2 N–H and O–H groups in total. The van der Waals surface area contributed by atoms with E-state index in [1.54, 1.807) is 0 Å². The third-order valence-corrected chi connectivity index (χ3v) is 2.71. The van der Waals surface area contributed by atoms with Crippen LogP contribution in [0.3, 0.4) is 0 Å². The zero-order valence-corrected chi connectivity index (χ0v) is 10.0. The van der Waals surface area contributed by atoms with Gasteiger partial charge in [0, 0.05) is 25.0 Å². The van der Waals surface area contributed by atoms with E-state index >= 15 is 0 Å². The number of nitrogens with two attached hydrogens (primary N) is 1. The van der Waals surface area contributed by atoms with E-state index in [9.17, 15) is 0 Å². The first kappa shape index (κ1) is 11.5. The molecule has 0 unspecified atom stereocenters. The Balaban J connectivity index is 2.13. The average Bonchev–Trinajstić information content (AvgIpc) is 2.39. The average molecular weight is 227 g/mol. The minimum atomic E-state index is 0.801. The largest absolute Gasteiger partial charge is 0.399 e. The van der Waals surface area contributed by atoms with Crippen molar-refractivity contribution < 1.29 is 0 Å². The van der Waals surface area contributed by atoms with Crippen molar-refractivity contribution >= 4 is 11.5 Å². The summed E-state index contributed by atoms with van der Waals surface area (Å²) in [5, 5.41) is 0. The molecule has 0 bridgehead atoms. The van der Waals surface area contributed by atoms with E-state index in [1.165, 1.54) is 5.56 Å². The third-order valence-electron chi connectivity index (χ3n) is 2.71. The Bertz CT molecular complexity index is 451. The number of hydrogen-bond acceptors (Lipinski definition) is 3. The van der Waals surface area contributed by atoms with Gasteiger partial charge in [0.25, 0.3) is 0 Å². The van der Waals surface area contributed by atoms with E-state index in [0.717, 1.165) is 24.6 Å². The summed E-state index contributed by atoms with van der Waals surface area (Å²) in [6.45, 7) is 3.92. The summed E-state index contributed by atoms with van der Waals surface area (Å²) in [4.78, 5) is 6.59. The highest BCUT2D eigenvalue weighted by Gasteiger charge is 2.05. The molecular formula is C14H17N3. The number of anilines is 2. The Morgan fingerprint density at radius 2 is 1.88 bits per heavy atom. The van der Waals surface area contributed by atoms with Crippen LogP contribution in [0, 0.1) is 0 Å². The highest BCUT2D eigenvalue weighted by atomic mass is 15.2. The van der Waals surface area contributed by atoms with Crippen molar-refractivity contribution in [3.8, 4) is 0 Å². The van der Waals surface area contributed by atoms with Gasteiger partial charge in [0.15, 0.2) is 0 Å². The van der Waals surface area contributed by atoms with Gasteiger partial charge in [-0.2, -0.15) is 0 Å². The lowest BCUT2D eigenvalue weighted by Crippen LogP contribution is -2.22. The van der Waals surface area contributed by atoms with Gasteiger partial charge in [0.05, 0.1) is 0 Å². The molecule has 0 saturated carbocycles. The van der Waals surface area contributed by atoms with Crippen molar-refractivity contribution in [1.82, 2.24) is 4.98 Å². The smallest absolute Gasteiger partial charge is 0.128 e. The molecule has 0 saturated heterocycles. The number of hydrogen-bond donors (Lipinski definition) is 1. The summed E-state index contributed by atoms with van der Waals surface area (Å²) in [7, 11) is 0. The van der Waals surface area contributed by atoms with Gasteiger partial charge in [-0.05, 0) is 36.8 Å². The van der Waals surface area contributed by atoms with Crippen molar-refractivity contribution in [3.63, 3.8) is 0 Å². The fourth-order valence-electron chi connectivity index (χ4n) is 1.74. The summed E-state index contributed by atoms with van der Waals surface area (Å²) in [6.07, 6.45) is 1.82. The van der Waals surface area contributed by atoms with Gasteiger partial charge in [0.1, 0.15) is 5.82 Å². The second kappa shape index (κ2) is 5.34. The number of benzene rings is 1. The summed E-state index contributed by atoms with van der Waals surface area (Å²) in [5.41, 5.74) is 7.72. The third kappa shape index (κ3) is 2.97. The van der Waals surface area contributed by atoms with Crippen LogP contribution >= 0.6 is 0 Å². The molecule has 0 aliphatic rings. The molecule has 3 heteroatoms. The van der Waals surface area contributed by atoms with Crippen molar-refractivity contribution in [1.29, 1.82) is 0 Å². The molecule has 0 atom stereocenters. The predicted molar refractivity (Wildman–Crippen MR) is 71.8 cm³/mol. The summed E-state index contributed by atoms with van der Waals surface area (Å²) < 4.78 is 0. The van der Waals surface area contributed by atoms with Crippen molar-refractivity contribution in [3.05, 3.63) is 54.2 Å². The molecule has 0 fully saturated rings. The van der Waals surface area contributed by atoms with E-state index in [4.69, 9.17) is 5.73 Å². The fourth-order valence-corrected chi connectivity index (χ4v) is 1.74. The van der Waals surface area contributed by atoms with Crippen LogP contribution in [0.2, 0.25) is 0 Å². The van der Waals surface area contributed by atoms with Crippen LogP contribution in [-0.4, -0.2) is 11.5 Å². The first-order valence-electron chi connectivity index (χ1n) is 5.80. The van der Waals surface area contributed by atoms with Gasteiger partial charge in [-0.1, -0.05) is 18.2 Å². The molecule has 0 spiro atoms. The minimum absolute atomic E-state index is 0.801. The van der Waals surface area contributed by atoms with Gasteiger partial charge < -0.3 is 10.6 Å². The molecule has 1 heterocycles. The maximum absolute atomic E-state index is 5.68. The Morgan fingerprint density at radius 3 is 2.47 bits per heavy atom. The first-order valence-corrected chi connectivity index (χ1v) is 5.80. The Labute approximate surface area is 102 Å². The van der Waals surface area contributed by atoms with E-state index in [0.29, 0.717) is 0 Å². The van der Waals surface area contributed by atoms with Crippen LogP contribution in [0.5, 0.6) is 0 Å². The summed E-state index contributed by atoms with van der Waals surface area (Å²) >= 11 is 0. The van der Waals surface area contributed by atoms with Gasteiger partial charge in [-0.25, -0.2) is 4.98 Å². The fraction of sp³-hybridized carbons (Fsp3) is 0.214. The highest BCUT2D eigenvalue weighted by Crippen LogP contribution is 2.14.